The van der Waals surface area contributed by atoms with Crippen molar-refractivity contribution < 1.29 is 9.53 Å². The molecule has 0 spiro atoms. The van der Waals surface area contributed by atoms with Gasteiger partial charge in [0.25, 0.3) is 0 Å². The monoisotopic (exact) mass is 301 g/mol. The summed E-state index contributed by atoms with van der Waals surface area (Å²) in [5.41, 5.74) is 1.80. The van der Waals surface area contributed by atoms with Gasteiger partial charge in [-0.3, -0.25) is 14.5 Å². The predicted octanol–water partition coefficient (Wildman–Crippen LogP) is 0.642. The van der Waals surface area contributed by atoms with E-state index in [1.165, 1.54) is 0 Å². The third-order valence-electron chi connectivity index (χ3n) is 3.74. The number of anilines is 1. The molecule has 116 valence electrons. The Morgan fingerprint density at radius 1 is 1.50 bits per heavy atom. The van der Waals surface area contributed by atoms with E-state index < -0.39 is 0 Å². The number of carbonyl (C=O) groups excluding carboxylic acids is 1. The lowest BCUT2D eigenvalue weighted by molar-refractivity contribution is -0.118. The van der Waals surface area contributed by atoms with E-state index in [9.17, 15) is 4.79 Å². The lowest BCUT2D eigenvalue weighted by atomic mass is 10.2. The number of methoxy groups -OCH3 is 1. The van der Waals surface area contributed by atoms with Gasteiger partial charge in [-0.25, -0.2) is 0 Å². The molecule has 0 radical (unpaired) electrons. The zero-order valence-corrected chi connectivity index (χ0v) is 12.4. The van der Waals surface area contributed by atoms with E-state index in [0.717, 1.165) is 5.56 Å². The van der Waals surface area contributed by atoms with Crippen LogP contribution in [0.2, 0.25) is 0 Å². The molecular weight excluding hydrogens is 282 g/mol. The highest BCUT2D eigenvalue weighted by molar-refractivity contribution is 5.94. The maximum absolute atomic E-state index is 12.2. The molecule has 0 saturated carbocycles. The summed E-state index contributed by atoms with van der Waals surface area (Å²) in [6, 6.07) is 3.66. The Kier molecular flexibility index (Phi) is 4.45. The van der Waals surface area contributed by atoms with Crippen molar-refractivity contribution in [3.63, 3.8) is 0 Å². The van der Waals surface area contributed by atoms with E-state index >= 15 is 0 Å². The van der Waals surface area contributed by atoms with Gasteiger partial charge in [0.2, 0.25) is 5.91 Å². The first-order chi connectivity index (χ1) is 10.7. The molecule has 2 aromatic rings. The average molecular weight is 301 g/mol. The van der Waals surface area contributed by atoms with Crippen molar-refractivity contribution in [1.82, 2.24) is 20.1 Å². The number of carbonyl (C=O) groups is 1. The highest BCUT2D eigenvalue weighted by atomic mass is 16.5. The van der Waals surface area contributed by atoms with Crippen LogP contribution in [0.1, 0.15) is 12.0 Å². The van der Waals surface area contributed by atoms with E-state index in [1.54, 1.807) is 30.4 Å². The first-order valence-corrected chi connectivity index (χ1v) is 7.23. The number of amides is 1. The molecule has 1 aliphatic heterocycles. The summed E-state index contributed by atoms with van der Waals surface area (Å²) in [6.45, 7) is 1.35. The van der Waals surface area contributed by atoms with Gasteiger partial charge in [0.05, 0.1) is 30.6 Å². The Morgan fingerprint density at radius 3 is 3.05 bits per heavy atom. The van der Waals surface area contributed by atoms with Crippen molar-refractivity contribution in [2.75, 3.05) is 19.0 Å². The SMILES string of the molecule is CO[C@@H]1CN[C@H](C(=O)Nc2cnn(Cc3ccncc3)c2)C1. The van der Waals surface area contributed by atoms with Gasteiger partial charge in [-0.2, -0.15) is 5.10 Å². The minimum absolute atomic E-state index is 0.0528. The minimum Gasteiger partial charge on any atom is -0.380 e. The van der Waals surface area contributed by atoms with E-state index in [-0.39, 0.29) is 18.1 Å². The third-order valence-corrected chi connectivity index (χ3v) is 3.74. The largest absolute Gasteiger partial charge is 0.380 e. The van der Waals surface area contributed by atoms with Gasteiger partial charge in [0.1, 0.15) is 0 Å². The van der Waals surface area contributed by atoms with Crippen molar-refractivity contribution >= 4 is 11.6 Å². The molecule has 1 fully saturated rings. The summed E-state index contributed by atoms with van der Waals surface area (Å²) in [7, 11) is 1.66. The van der Waals surface area contributed by atoms with Crippen LogP contribution in [0.15, 0.2) is 36.9 Å². The van der Waals surface area contributed by atoms with Crippen molar-refractivity contribution in [3.05, 3.63) is 42.5 Å². The maximum atomic E-state index is 12.2. The molecule has 3 rings (SSSR count). The summed E-state index contributed by atoms with van der Waals surface area (Å²) >= 11 is 0. The number of aromatic nitrogens is 3. The lowest BCUT2D eigenvalue weighted by Crippen LogP contribution is -2.35. The highest BCUT2D eigenvalue weighted by Gasteiger charge is 2.29. The Hall–Kier alpha value is -2.25. The minimum atomic E-state index is -0.214. The highest BCUT2D eigenvalue weighted by Crippen LogP contribution is 2.13. The van der Waals surface area contributed by atoms with E-state index in [0.29, 0.717) is 25.2 Å². The summed E-state index contributed by atoms with van der Waals surface area (Å²) < 4.78 is 7.03. The maximum Gasteiger partial charge on any atom is 0.241 e. The number of nitrogens with one attached hydrogen (secondary N) is 2. The Bertz CT molecular complexity index is 628. The van der Waals surface area contributed by atoms with Crippen LogP contribution in [0.4, 0.5) is 5.69 Å². The van der Waals surface area contributed by atoms with Gasteiger partial charge in [-0.15, -0.1) is 0 Å². The standard InChI is InChI=1S/C15H19N5O2/c1-22-13-6-14(17-8-13)15(21)19-12-7-18-20(10-12)9-11-2-4-16-5-3-11/h2-5,7,10,13-14,17H,6,8-9H2,1H3,(H,19,21)/t13-,14-/m0/s1. The van der Waals surface area contributed by atoms with Crippen LogP contribution in [0, 0.1) is 0 Å². The van der Waals surface area contributed by atoms with Gasteiger partial charge in [-0.05, 0) is 24.1 Å². The molecule has 0 aromatic carbocycles. The van der Waals surface area contributed by atoms with Crippen molar-refractivity contribution in [3.8, 4) is 0 Å². The lowest BCUT2D eigenvalue weighted by Gasteiger charge is -2.09. The topological polar surface area (TPSA) is 81.1 Å². The fourth-order valence-electron chi connectivity index (χ4n) is 2.50. The number of pyridine rings is 1. The number of ether oxygens (including phenoxy) is 1. The smallest absolute Gasteiger partial charge is 0.241 e. The molecule has 2 atom stereocenters. The molecular formula is C15H19N5O2. The van der Waals surface area contributed by atoms with E-state index in [2.05, 4.69) is 20.7 Å². The first kappa shape index (κ1) is 14.7. The van der Waals surface area contributed by atoms with Crippen LogP contribution >= 0.6 is 0 Å². The second-order valence-corrected chi connectivity index (χ2v) is 5.33. The van der Waals surface area contributed by atoms with Gasteiger partial charge in [-0.1, -0.05) is 0 Å². The normalized spacial score (nSPS) is 21.0. The van der Waals surface area contributed by atoms with Crippen LogP contribution < -0.4 is 10.6 Å². The number of hydrogen-bond acceptors (Lipinski definition) is 5. The Morgan fingerprint density at radius 2 is 2.32 bits per heavy atom. The van der Waals surface area contributed by atoms with Crippen LogP contribution in [-0.4, -0.2) is 46.5 Å². The summed E-state index contributed by atoms with van der Waals surface area (Å²) in [4.78, 5) is 16.2. The predicted molar refractivity (Wildman–Crippen MR) is 81.4 cm³/mol. The molecule has 22 heavy (non-hydrogen) atoms. The summed E-state index contributed by atoms with van der Waals surface area (Å²) in [5, 5.41) is 10.3. The zero-order valence-electron chi connectivity index (χ0n) is 12.4. The van der Waals surface area contributed by atoms with Crippen LogP contribution in [0.3, 0.4) is 0 Å². The molecule has 0 unspecified atom stereocenters. The molecule has 1 saturated heterocycles. The Balaban J connectivity index is 1.56. The van der Waals surface area contributed by atoms with Crippen molar-refractivity contribution in [2.24, 2.45) is 0 Å². The van der Waals surface area contributed by atoms with Crippen LogP contribution in [0.5, 0.6) is 0 Å². The second-order valence-electron chi connectivity index (χ2n) is 5.33. The average Bonchev–Trinajstić information content (AvgIpc) is 3.17. The van der Waals surface area contributed by atoms with Gasteiger partial charge >= 0.3 is 0 Å². The quantitative estimate of drug-likeness (QED) is 0.847. The van der Waals surface area contributed by atoms with Crippen molar-refractivity contribution in [1.29, 1.82) is 0 Å². The molecule has 3 heterocycles. The number of rotatable bonds is 5. The van der Waals surface area contributed by atoms with Gasteiger partial charge < -0.3 is 15.4 Å². The number of nitrogens with zero attached hydrogens (tertiary/aromatic N) is 3. The molecule has 7 nitrogen and oxygen atoms in total. The van der Waals surface area contributed by atoms with Crippen LogP contribution in [-0.2, 0) is 16.1 Å². The number of hydrogen-bond donors (Lipinski definition) is 2. The molecule has 0 aliphatic carbocycles. The second kappa shape index (κ2) is 6.67. The molecule has 2 N–H and O–H groups in total. The van der Waals surface area contributed by atoms with Crippen LogP contribution in [0.25, 0.3) is 0 Å². The van der Waals surface area contributed by atoms with Gasteiger partial charge in [0.15, 0.2) is 0 Å². The fraction of sp³-hybridized carbons (Fsp3) is 0.400. The third kappa shape index (κ3) is 3.49. The summed E-state index contributed by atoms with van der Waals surface area (Å²) in [6.07, 6.45) is 7.76. The molecule has 1 aliphatic rings. The first-order valence-electron chi connectivity index (χ1n) is 7.23. The molecule has 0 bridgehead atoms. The van der Waals surface area contributed by atoms with E-state index in [1.807, 2.05) is 18.3 Å². The Labute approximate surface area is 128 Å². The van der Waals surface area contributed by atoms with Gasteiger partial charge in [0, 0.05) is 32.2 Å². The molecule has 2 aromatic heterocycles. The fourth-order valence-corrected chi connectivity index (χ4v) is 2.50. The zero-order chi connectivity index (χ0) is 15.4. The molecule has 1 amide bonds. The molecule has 7 heteroatoms. The van der Waals surface area contributed by atoms with E-state index in [4.69, 9.17) is 4.74 Å². The van der Waals surface area contributed by atoms with Crippen molar-refractivity contribution in [2.45, 2.75) is 25.1 Å². The summed E-state index contributed by atoms with van der Waals surface area (Å²) in [5.74, 6) is -0.0528.